The van der Waals surface area contributed by atoms with Crippen molar-refractivity contribution in [1.82, 2.24) is 0 Å². The van der Waals surface area contributed by atoms with Gasteiger partial charge in [-0.05, 0) is 24.6 Å². The Labute approximate surface area is 135 Å². The van der Waals surface area contributed by atoms with Crippen molar-refractivity contribution in [2.24, 2.45) is 0 Å². The van der Waals surface area contributed by atoms with E-state index in [1.807, 2.05) is 0 Å². The van der Waals surface area contributed by atoms with Crippen LogP contribution in [0.3, 0.4) is 0 Å². The SMILES string of the molecule is N#Cc1ccc(S(=O)(=O)CCCS(=O)(=O)O)cc1C#N.[LiH]. The average molecular weight is 322 g/mol. The van der Waals surface area contributed by atoms with Crippen LogP contribution in [0.2, 0.25) is 0 Å². The first-order valence-corrected chi connectivity index (χ1v) is 8.58. The summed E-state index contributed by atoms with van der Waals surface area (Å²) in [7, 11) is -7.99. The van der Waals surface area contributed by atoms with Gasteiger partial charge in [-0.15, -0.1) is 0 Å². The Kier molecular flexibility index (Phi) is 7.12. The van der Waals surface area contributed by atoms with E-state index in [4.69, 9.17) is 15.1 Å². The molecule has 0 saturated carbocycles. The number of benzene rings is 1. The van der Waals surface area contributed by atoms with E-state index in [9.17, 15) is 16.8 Å². The first-order valence-electron chi connectivity index (χ1n) is 5.32. The summed E-state index contributed by atoms with van der Waals surface area (Å²) < 4.78 is 53.4. The topological polar surface area (TPSA) is 136 Å². The molecule has 10 heteroatoms. The Balaban J connectivity index is 0.00000400. The number of hydrogen-bond donors (Lipinski definition) is 1. The van der Waals surface area contributed by atoms with Crippen LogP contribution in [-0.2, 0) is 20.0 Å². The fourth-order valence-corrected chi connectivity index (χ4v) is 3.48. The molecule has 0 spiro atoms. The quantitative estimate of drug-likeness (QED) is 0.587. The second-order valence-electron chi connectivity index (χ2n) is 3.89. The van der Waals surface area contributed by atoms with Gasteiger partial charge in [-0.25, -0.2) is 8.42 Å². The molecular formula is C11H11LiN2O5S2. The zero-order valence-corrected chi connectivity index (χ0v) is 11.8. The molecule has 1 N–H and O–H groups in total. The van der Waals surface area contributed by atoms with E-state index in [2.05, 4.69) is 0 Å². The first kappa shape index (κ1) is 19.7. The van der Waals surface area contributed by atoms with E-state index in [-0.39, 0.29) is 41.3 Å². The van der Waals surface area contributed by atoms with Crippen LogP contribution < -0.4 is 0 Å². The van der Waals surface area contributed by atoms with Crippen molar-refractivity contribution in [3.8, 4) is 12.1 Å². The molecule has 0 amide bonds. The molecule has 21 heavy (non-hydrogen) atoms. The fourth-order valence-electron chi connectivity index (χ4n) is 1.46. The second kappa shape index (κ2) is 7.60. The zero-order valence-electron chi connectivity index (χ0n) is 10.1. The Morgan fingerprint density at radius 3 is 2.05 bits per heavy atom. The van der Waals surface area contributed by atoms with Crippen LogP contribution in [0.5, 0.6) is 0 Å². The predicted octanol–water partition coefficient (Wildman–Crippen LogP) is -0.167. The maximum absolute atomic E-state index is 11.9. The van der Waals surface area contributed by atoms with Gasteiger partial charge in [-0.1, -0.05) is 0 Å². The molecule has 0 fully saturated rings. The fraction of sp³-hybridized carbons (Fsp3) is 0.273. The van der Waals surface area contributed by atoms with Gasteiger partial charge in [0.1, 0.15) is 12.1 Å². The molecule has 108 valence electrons. The van der Waals surface area contributed by atoms with Crippen LogP contribution in [0.15, 0.2) is 23.1 Å². The number of nitriles is 2. The molecule has 7 nitrogen and oxygen atoms in total. The molecule has 0 aromatic heterocycles. The van der Waals surface area contributed by atoms with Gasteiger partial charge in [0, 0.05) is 0 Å². The molecule has 0 aliphatic rings. The number of hydrogen-bond acceptors (Lipinski definition) is 6. The molecule has 0 atom stereocenters. The number of nitrogens with zero attached hydrogens (tertiary/aromatic N) is 2. The standard InChI is InChI=1S/C11H10N2O5S2.Li.H/c12-7-9-2-3-11(6-10(9)8-13)19(14,15)4-1-5-20(16,17)18;;/h2-3,6H,1,4-5H2,(H,16,17,18);;. The van der Waals surface area contributed by atoms with Crippen LogP contribution in [0.1, 0.15) is 17.5 Å². The van der Waals surface area contributed by atoms with Gasteiger partial charge in [0.15, 0.2) is 9.84 Å². The molecule has 0 aliphatic heterocycles. The van der Waals surface area contributed by atoms with Gasteiger partial charge in [0.25, 0.3) is 10.1 Å². The Bertz CT molecular complexity index is 804. The van der Waals surface area contributed by atoms with Gasteiger partial charge < -0.3 is 0 Å². The Morgan fingerprint density at radius 2 is 1.57 bits per heavy atom. The molecule has 0 aliphatic carbocycles. The van der Waals surface area contributed by atoms with Crippen molar-refractivity contribution in [3.63, 3.8) is 0 Å². The molecule has 0 heterocycles. The summed E-state index contributed by atoms with van der Waals surface area (Å²) in [5, 5.41) is 17.5. The van der Waals surface area contributed by atoms with E-state index < -0.39 is 31.5 Å². The first-order chi connectivity index (χ1) is 9.19. The van der Waals surface area contributed by atoms with E-state index in [0.717, 1.165) is 6.07 Å². The van der Waals surface area contributed by atoms with Crippen LogP contribution in [0.4, 0.5) is 0 Å². The third-order valence-electron chi connectivity index (χ3n) is 2.41. The van der Waals surface area contributed by atoms with Crippen LogP contribution in [0.25, 0.3) is 0 Å². The van der Waals surface area contributed by atoms with Crippen LogP contribution in [-0.4, -0.2) is 51.8 Å². The van der Waals surface area contributed by atoms with Gasteiger partial charge >= 0.3 is 18.9 Å². The molecule has 0 radical (unpaired) electrons. The van der Waals surface area contributed by atoms with E-state index >= 15 is 0 Å². The molecule has 0 saturated heterocycles. The Morgan fingerprint density at radius 1 is 1.00 bits per heavy atom. The predicted molar refractivity (Wildman–Crippen MR) is 76.1 cm³/mol. The number of rotatable bonds is 5. The third kappa shape index (κ3) is 5.89. The monoisotopic (exact) mass is 322 g/mol. The normalized spacial score (nSPS) is 11.0. The van der Waals surface area contributed by atoms with Gasteiger partial charge in [-0.2, -0.15) is 18.9 Å². The second-order valence-corrected chi connectivity index (χ2v) is 7.57. The number of sulfone groups is 1. The average Bonchev–Trinajstić information content (AvgIpc) is 2.36. The van der Waals surface area contributed by atoms with Gasteiger partial charge in [-0.3, -0.25) is 4.55 Å². The zero-order chi connectivity index (χ0) is 15.4. The summed E-state index contributed by atoms with van der Waals surface area (Å²) in [4.78, 5) is -0.164. The molecule has 0 bridgehead atoms. The van der Waals surface area contributed by atoms with Crippen molar-refractivity contribution >= 4 is 38.8 Å². The van der Waals surface area contributed by atoms with Crippen molar-refractivity contribution in [2.75, 3.05) is 11.5 Å². The summed E-state index contributed by atoms with van der Waals surface area (Å²) in [5.41, 5.74) is -0.00672. The maximum atomic E-state index is 11.9. The minimum absolute atomic E-state index is 0. The van der Waals surface area contributed by atoms with Crippen LogP contribution >= 0.6 is 0 Å². The molecule has 1 aromatic rings. The minimum atomic E-state index is -4.21. The summed E-state index contributed by atoms with van der Waals surface area (Å²) in [6.45, 7) is 0. The summed E-state index contributed by atoms with van der Waals surface area (Å²) in [6.07, 6.45) is -0.261. The molecule has 0 unspecified atom stereocenters. The molecular weight excluding hydrogens is 311 g/mol. The van der Waals surface area contributed by atoms with Gasteiger partial charge in [0.2, 0.25) is 0 Å². The van der Waals surface area contributed by atoms with Gasteiger partial charge in [0.05, 0.1) is 27.5 Å². The van der Waals surface area contributed by atoms with Crippen molar-refractivity contribution < 1.29 is 21.4 Å². The van der Waals surface area contributed by atoms with E-state index in [0.29, 0.717) is 0 Å². The van der Waals surface area contributed by atoms with E-state index in [1.54, 1.807) is 12.1 Å². The summed E-state index contributed by atoms with van der Waals surface area (Å²) in [5.74, 6) is -1.14. The summed E-state index contributed by atoms with van der Waals surface area (Å²) >= 11 is 0. The van der Waals surface area contributed by atoms with E-state index in [1.165, 1.54) is 12.1 Å². The molecule has 1 aromatic carbocycles. The molecule has 1 rings (SSSR count). The van der Waals surface area contributed by atoms with Crippen molar-refractivity contribution in [2.45, 2.75) is 11.3 Å². The van der Waals surface area contributed by atoms with Crippen molar-refractivity contribution in [1.29, 1.82) is 10.5 Å². The third-order valence-corrected chi connectivity index (χ3v) is 5.01. The van der Waals surface area contributed by atoms with Crippen molar-refractivity contribution in [3.05, 3.63) is 29.3 Å². The summed E-state index contributed by atoms with van der Waals surface area (Å²) in [6, 6.07) is 6.95. The van der Waals surface area contributed by atoms with Crippen LogP contribution in [0, 0.1) is 22.7 Å². The Hall–Kier alpha value is -1.34.